The molecule has 1 saturated heterocycles. The molecular weight excluding hydrogens is 380 g/mol. The summed E-state index contributed by atoms with van der Waals surface area (Å²) in [6, 6.07) is 7.52. The van der Waals surface area contributed by atoms with Crippen LogP contribution in [0.5, 0.6) is 0 Å². The van der Waals surface area contributed by atoms with E-state index < -0.39 is 0 Å². The van der Waals surface area contributed by atoms with Crippen molar-refractivity contribution in [2.75, 3.05) is 31.6 Å². The fourth-order valence-corrected chi connectivity index (χ4v) is 5.73. The van der Waals surface area contributed by atoms with E-state index >= 15 is 0 Å². The number of hydrogen-bond acceptors (Lipinski definition) is 4. The van der Waals surface area contributed by atoms with Gasteiger partial charge in [-0.1, -0.05) is 17.7 Å². The molecule has 27 heavy (non-hydrogen) atoms. The molecule has 2 aromatic heterocycles. The Hall–Kier alpha value is -1.89. The first-order chi connectivity index (χ1) is 13.1. The van der Waals surface area contributed by atoms with E-state index in [-0.39, 0.29) is 5.56 Å². The molecule has 0 saturated carbocycles. The molecule has 0 bridgehead atoms. The number of quaternary nitrogens is 1. The third kappa shape index (κ3) is 2.87. The SMILES string of the molecule is C[NH+]1CCc2c(sc3nc(N4CCCC4)n(-c4cccc(Cl)c4)c(=O)c23)C1. The summed E-state index contributed by atoms with van der Waals surface area (Å²) in [6.07, 6.45) is 3.22. The Morgan fingerprint density at radius 3 is 2.85 bits per heavy atom. The van der Waals surface area contributed by atoms with Gasteiger partial charge in [-0.05, 0) is 36.6 Å². The van der Waals surface area contributed by atoms with Gasteiger partial charge in [0.15, 0.2) is 0 Å². The second-order valence-electron chi connectivity index (χ2n) is 7.54. The topological polar surface area (TPSA) is 42.6 Å². The van der Waals surface area contributed by atoms with Gasteiger partial charge in [-0.3, -0.25) is 4.79 Å². The van der Waals surface area contributed by atoms with Crippen molar-refractivity contribution >= 4 is 39.1 Å². The number of likely N-dealkylation sites (N-methyl/N-ethyl adjacent to an activating group) is 1. The standard InChI is InChI=1S/C20H21ClN4OS/c1-23-10-7-15-16(12-23)27-18-17(15)19(26)25(14-6-4-5-13(21)11-14)20(22-18)24-8-2-3-9-24/h4-6,11H,2-3,7-10,12H2,1H3/p+1. The Kier molecular flexibility index (Phi) is 4.22. The van der Waals surface area contributed by atoms with E-state index in [2.05, 4.69) is 11.9 Å². The summed E-state index contributed by atoms with van der Waals surface area (Å²) in [4.78, 5) is 24.6. The number of aromatic nitrogens is 2. The maximum Gasteiger partial charge on any atom is 0.268 e. The molecule has 1 unspecified atom stereocenters. The first-order valence-corrected chi connectivity index (χ1v) is 10.7. The molecule has 5 rings (SSSR count). The highest BCUT2D eigenvalue weighted by Crippen LogP contribution is 2.32. The maximum atomic E-state index is 13.7. The zero-order valence-electron chi connectivity index (χ0n) is 15.3. The number of fused-ring (bicyclic) bond motifs is 3. The number of hydrogen-bond donors (Lipinski definition) is 1. The highest BCUT2D eigenvalue weighted by molar-refractivity contribution is 7.18. The summed E-state index contributed by atoms with van der Waals surface area (Å²) in [7, 11) is 2.21. The molecule has 1 N–H and O–H groups in total. The molecular formula is C20H22ClN4OS+. The number of benzene rings is 1. The Balaban J connectivity index is 1.81. The molecule has 0 aliphatic carbocycles. The van der Waals surface area contributed by atoms with Crippen molar-refractivity contribution in [3.8, 4) is 5.69 Å². The van der Waals surface area contributed by atoms with Crippen LogP contribution < -0.4 is 15.4 Å². The Morgan fingerprint density at radius 1 is 1.26 bits per heavy atom. The molecule has 2 aliphatic rings. The summed E-state index contributed by atoms with van der Waals surface area (Å²) < 4.78 is 1.78. The third-order valence-electron chi connectivity index (χ3n) is 5.61. The van der Waals surface area contributed by atoms with Crippen LogP contribution in [0.2, 0.25) is 5.02 Å². The fraction of sp³-hybridized carbons (Fsp3) is 0.400. The highest BCUT2D eigenvalue weighted by Gasteiger charge is 2.28. The highest BCUT2D eigenvalue weighted by atomic mass is 35.5. The Bertz CT molecular complexity index is 1080. The lowest BCUT2D eigenvalue weighted by Crippen LogP contribution is -3.08. The first-order valence-electron chi connectivity index (χ1n) is 9.51. The number of rotatable bonds is 2. The molecule has 0 spiro atoms. The van der Waals surface area contributed by atoms with Crippen LogP contribution >= 0.6 is 22.9 Å². The molecule has 4 heterocycles. The van der Waals surface area contributed by atoms with Gasteiger partial charge >= 0.3 is 0 Å². The van der Waals surface area contributed by atoms with Gasteiger partial charge in [-0.2, -0.15) is 0 Å². The number of halogens is 1. The monoisotopic (exact) mass is 401 g/mol. The van der Waals surface area contributed by atoms with Crippen molar-refractivity contribution in [1.82, 2.24) is 9.55 Å². The largest absolute Gasteiger partial charge is 0.342 e. The minimum absolute atomic E-state index is 0.0428. The first kappa shape index (κ1) is 17.2. The molecule has 3 aromatic rings. The van der Waals surface area contributed by atoms with Gasteiger partial charge in [0.05, 0.1) is 29.5 Å². The van der Waals surface area contributed by atoms with Crippen LogP contribution in [-0.4, -0.2) is 36.2 Å². The number of nitrogens with zero attached hydrogens (tertiary/aromatic N) is 3. The van der Waals surface area contributed by atoms with Gasteiger partial charge in [0.2, 0.25) is 5.95 Å². The van der Waals surface area contributed by atoms with Crippen molar-refractivity contribution in [2.45, 2.75) is 25.8 Å². The van der Waals surface area contributed by atoms with Crippen LogP contribution in [0.3, 0.4) is 0 Å². The Labute approximate surface area is 166 Å². The predicted octanol–water partition coefficient (Wildman–Crippen LogP) is 2.27. The van der Waals surface area contributed by atoms with Crippen LogP contribution in [-0.2, 0) is 13.0 Å². The number of thiophene rings is 1. The van der Waals surface area contributed by atoms with E-state index in [1.54, 1.807) is 15.9 Å². The molecule has 5 nitrogen and oxygen atoms in total. The van der Waals surface area contributed by atoms with Crippen LogP contribution in [0.4, 0.5) is 5.95 Å². The van der Waals surface area contributed by atoms with Gasteiger partial charge in [-0.15, -0.1) is 11.3 Å². The molecule has 7 heteroatoms. The van der Waals surface area contributed by atoms with Crippen molar-refractivity contribution in [1.29, 1.82) is 0 Å². The summed E-state index contributed by atoms with van der Waals surface area (Å²) in [6.45, 7) is 3.92. The molecule has 2 aliphatic heterocycles. The van der Waals surface area contributed by atoms with E-state index in [1.807, 2.05) is 24.3 Å². The van der Waals surface area contributed by atoms with E-state index in [9.17, 15) is 4.79 Å². The number of nitrogens with one attached hydrogen (secondary N) is 1. The van der Waals surface area contributed by atoms with Crippen LogP contribution in [0, 0.1) is 0 Å². The minimum Gasteiger partial charge on any atom is -0.342 e. The molecule has 0 radical (unpaired) electrons. The Morgan fingerprint density at radius 2 is 2.07 bits per heavy atom. The third-order valence-corrected chi connectivity index (χ3v) is 6.97. The van der Waals surface area contributed by atoms with Crippen molar-refractivity contribution in [3.63, 3.8) is 0 Å². The van der Waals surface area contributed by atoms with Gasteiger partial charge in [0.1, 0.15) is 11.4 Å². The summed E-state index contributed by atoms with van der Waals surface area (Å²) in [5, 5.41) is 1.44. The van der Waals surface area contributed by atoms with Crippen LogP contribution in [0.25, 0.3) is 15.9 Å². The predicted molar refractivity (Wildman–Crippen MR) is 111 cm³/mol. The lowest BCUT2D eigenvalue weighted by Gasteiger charge is -2.22. The average molecular weight is 402 g/mol. The fourth-order valence-electron chi connectivity index (χ4n) is 4.23. The second kappa shape index (κ2) is 6.62. The van der Waals surface area contributed by atoms with Crippen molar-refractivity contribution in [3.05, 3.63) is 50.1 Å². The van der Waals surface area contributed by atoms with E-state index in [0.29, 0.717) is 5.02 Å². The average Bonchev–Trinajstić information content (AvgIpc) is 3.28. The maximum absolute atomic E-state index is 13.7. The molecule has 1 fully saturated rings. The smallest absolute Gasteiger partial charge is 0.268 e. The zero-order valence-corrected chi connectivity index (χ0v) is 16.9. The normalized spacial score (nSPS) is 19.6. The van der Waals surface area contributed by atoms with Crippen LogP contribution in [0.1, 0.15) is 23.3 Å². The lowest BCUT2D eigenvalue weighted by molar-refractivity contribution is -0.895. The molecule has 0 amide bonds. The van der Waals surface area contributed by atoms with E-state index in [4.69, 9.17) is 16.6 Å². The summed E-state index contributed by atoms with van der Waals surface area (Å²) >= 11 is 7.94. The molecule has 1 aromatic carbocycles. The van der Waals surface area contributed by atoms with Gasteiger partial charge in [0, 0.05) is 24.5 Å². The van der Waals surface area contributed by atoms with E-state index in [0.717, 1.165) is 67.3 Å². The summed E-state index contributed by atoms with van der Waals surface area (Å²) in [5.41, 5.74) is 2.05. The molecule has 140 valence electrons. The van der Waals surface area contributed by atoms with Crippen molar-refractivity contribution < 1.29 is 4.90 Å². The minimum atomic E-state index is 0.0428. The van der Waals surface area contributed by atoms with Gasteiger partial charge in [-0.25, -0.2) is 9.55 Å². The van der Waals surface area contributed by atoms with Gasteiger partial charge in [0.25, 0.3) is 5.56 Å². The summed E-state index contributed by atoms with van der Waals surface area (Å²) in [5.74, 6) is 0.756. The quantitative estimate of drug-likeness (QED) is 0.716. The zero-order chi connectivity index (χ0) is 18.5. The molecule has 1 atom stereocenters. The number of anilines is 1. The second-order valence-corrected chi connectivity index (χ2v) is 9.06. The van der Waals surface area contributed by atoms with E-state index in [1.165, 1.54) is 15.3 Å². The van der Waals surface area contributed by atoms with Crippen molar-refractivity contribution in [2.24, 2.45) is 0 Å². The van der Waals surface area contributed by atoms with Gasteiger partial charge < -0.3 is 9.80 Å². The lowest BCUT2D eigenvalue weighted by atomic mass is 10.1. The van der Waals surface area contributed by atoms with Crippen LogP contribution in [0.15, 0.2) is 29.1 Å².